The lowest BCUT2D eigenvalue weighted by Crippen LogP contribution is -2.30. The Balaban J connectivity index is 0.772. The summed E-state index contributed by atoms with van der Waals surface area (Å²) in [5, 5.41) is 26.4. The maximum atomic E-state index is 13.9. The van der Waals surface area contributed by atoms with Gasteiger partial charge >= 0.3 is 5.97 Å². The van der Waals surface area contributed by atoms with Crippen LogP contribution in [0.1, 0.15) is 45.1 Å². The number of nitrogens with two attached hydrogens (primary N) is 4. The summed E-state index contributed by atoms with van der Waals surface area (Å²) in [4.78, 5) is 49.2. The van der Waals surface area contributed by atoms with Crippen molar-refractivity contribution in [1.82, 2.24) is 16.0 Å². The van der Waals surface area contributed by atoms with Crippen molar-refractivity contribution in [2.24, 2.45) is 33.1 Å². The Morgan fingerprint density at radius 1 is 0.722 bits per heavy atom. The fourth-order valence-electron chi connectivity index (χ4n) is 8.16. The molecule has 0 atom stereocenters. The number of amides is 1. The van der Waals surface area contributed by atoms with E-state index in [1.807, 2.05) is 78.9 Å². The molecule has 22 heteroatoms. The van der Waals surface area contributed by atoms with Crippen molar-refractivity contribution in [2.45, 2.75) is 6.92 Å². The van der Waals surface area contributed by atoms with Gasteiger partial charge in [0.05, 0.1) is 92.0 Å². The quantitative estimate of drug-likeness (QED) is 0.00854. The Bertz CT molecular complexity index is 3150. The highest BCUT2D eigenvalue weighted by Crippen LogP contribution is 2.41. The maximum absolute atomic E-state index is 13.9. The number of aromatic hydroxyl groups is 1. The van der Waals surface area contributed by atoms with Crippen LogP contribution in [0.4, 0.5) is 17.1 Å². The first-order valence-corrected chi connectivity index (χ1v) is 26.4. The van der Waals surface area contributed by atoms with Gasteiger partial charge in [-0.2, -0.15) is 0 Å². The van der Waals surface area contributed by atoms with Crippen LogP contribution in [-0.4, -0.2) is 120 Å². The number of hydrazine groups is 2. The number of benzene rings is 5. The van der Waals surface area contributed by atoms with Crippen LogP contribution in [0.3, 0.4) is 0 Å². The van der Waals surface area contributed by atoms with E-state index in [4.69, 9.17) is 46.8 Å². The SMILES string of the molecule is CCOC(=O)C1=C(Nc2ccccc2)S/C(=C\c2ccc(OCCOCCOCCOCCNC(=O)c3cc(/C(N)=C/N(N)c4ccc(C5=NCCN5)cc4)ccc3/C(N)=C/N(N)c3ccc(C4=NCCN4)cc3)c(O)c2)C1=O. The Labute approximate surface area is 462 Å². The van der Waals surface area contributed by atoms with E-state index in [1.165, 1.54) is 16.1 Å². The number of hydrogen-bond acceptors (Lipinski definition) is 21. The fraction of sp³-hybridized carbons (Fsp3) is 0.246. The smallest absolute Gasteiger partial charge is 0.344 e. The van der Waals surface area contributed by atoms with E-state index in [-0.39, 0.29) is 81.1 Å². The zero-order valence-electron chi connectivity index (χ0n) is 43.6. The van der Waals surface area contributed by atoms with Crippen LogP contribution in [0.25, 0.3) is 17.5 Å². The number of thioether (sulfide) groups is 1. The van der Waals surface area contributed by atoms with E-state index >= 15 is 0 Å². The Morgan fingerprint density at radius 2 is 1.32 bits per heavy atom. The van der Waals surface area contributed by atoms with E-state index < -0.39 is 17.7 Å². The van der Waals surface area contributed by atoms with Crippen LogP contribution in [0, 0.1) is 0 Å². The number of phenols is 1. The van der Waals surface area contributed by atoms with Gasteiger partial charge in [-0.15, -0.1) is 0 Å². The topological polar surface area (TPSA) is 301 Å². The number of carbonyl (C=O) groups excluding carboxylic acids is 3. The number of aliphatic imine (C=N–C) groups is 2. The van der Waals surface area contributed by atoms with Gasteiger partial charge in [-0.1, -0.05) is 48.2 Å². The lowest BCUT2D eigenvalue weighted by molar-refractivity contribution is -0.139. The summed E-state index contributed by atoms with van der Waals surface area (Å²) in [6, 6.07) is 34.2. The highest BCUT2D eigenvalue weighted by molar-refractivity contribution is 8.08. The molecule has 0 saturated carbocycles. The molecule has 0 spiro atoms. The number of anilines is 3. The number of hydrogen-bond donors (Lipinski definition) is 9. The van der Waals surface area contributed by atoms with Gasteiger partial charge in [0.25, 0.3) is 5.91 Å². The highest BCUT2D eigenvalue weighted by atomic mass is 32.2. The summed E-state index contributed by atoms with van der Waals surface area (Å²) in [5.41, 5.74) is 19.4. The van der Waals surface area contributed by atoms with Gasteiger partial charge in [-0.3, -0.25) is 29.6 Å². The minimum atomic E-state index is -0.713. The third-order valence-corrected chi connectivity index (χ3v) is 13.2. The number of nitrogens with zero attached hydrogens (tertiary/aromatic N) is 4. The first-order valence-electron chi connectivity index (χ1n) is 25.6. The van der Waals surface area contributed by atoms with Crippen molar-refractivity contribution in [1.29, 1.82) is 0 Å². The molecule has 0 aliphatic carbocycles. The molecule has 3 heterocycles. The van der Waals surface area contributed by atoms with Crippen LogP contribution in [0.15, 0.2) is 153 Å². The summed E-state index contributed by atoms with van der Waals surface area (Å²) < 4.78 is 27.9. The number of ether oxygens (including phenoxy) is 5. The van der Waals surface area contributed by atoms with Crippen LogP contribution in [0.2, 0.25) is 0 Å². The average Bonchev–Trinajstić information content (AvgIpc) is 4.36. The van der Waals surface area contributed by atoms with Crippen LogP contribution in [0.5, 0.6) is 11.5 Å². The Kier molecular flexibility index (Phi) is 20.1. The molecule has 0 unspecified atom stereocenters. The molecule has 0 aromatic heterocycles. The molecule has 0 saturated heterocycles. The minimum absolute atomic E-state index is 0.0784. The van der Waals surface area contributed by atoms with Crippen molar-refractivity contribution in [3.8, 4) is 11.5 Å². The molecule has 1 amide bonds. The van der Waals surface area contributed by atoms with Gasteiger partial charge in [0.15, 0.2) is 11.5 Å². The molecule has 3 aliphatic heterocycles. The fourth-order valence-corrected chi connectivity index (χ4v) is 9.22. The van der Waals surface area contributed by atoms with E-state index in [0.717, 1.165) is 60.7 Å². The molecule has 21 nitrogen and oxygen atoms in total. The van der Waals surface area contributed by atoms with Gasteiger partial charge in [-0.05, 0) is 103 Å². The molecule has 0 bridgehead atoms. The number of ketones is 1. The van der Waals surface area contributed by atoms with Gasteiger partial charge in [0.2, 0.25) is 5.78 Å². The number of carbonyl (C=O) groups is 3. The van der Waals surface area contributed by atoms with Crippen molar-refractivity contribution in [3.05, 3.63) is 177 Å². The van der Waals surface area contributed by atoms with E-state index in [1.54, 1.807) is 55.7 Å². The number of amidine groups is 2. The monoisotopic (exact) mass is 1090 g/mol. The highest BCUT2D eigenvalue weighted by Gasteiger charge is 2.35. The van der Waals surface area contributed by atoms with Gasteiger partial charge in [-0.25, -0.2) is 16.5 Å². The summed E-state index contributed by atoms with van der Waals surface area (Å²) in [6.07, 6.45) is 4.72. The molecule has 412 valence electrons. The zero-order chi connectivity index (χ0) is 55.5. The lowest BCUT2D eigenvalue weighted by Gasteiger charge is -2.18. The molecule has 79 heavy (non-hydrogen) atoms. The Morgan fingerprint density at radius 3 is 1.90 bits per heavy atom. The second-order valence-corrected chi connectivity index (χ2v) is 18.7. The molecular formula is C57H64N12O9S. The number of phenolic OH excluding ortho intramolecular Hbond substituents is 1. The van der Waals surface area contributed by atoms with E-state index in [9.17, 15) is 19.5 Å². The third kappa shape index (κ3) is 15.5. The molecule has 0 radical (unpaired) electrons. The van der Waals surface area contributed by atoms with E-state index in [0.29, 0.717) is 56.0 Å². The molecular weight excluding hydrogens is 1030 g/mol. The number of para-hydroxylation sites is 1. The van der Waals surface area contributed by atoms with Crippen molar-refractivity contribution in [3.63, 3.8) is 0 Å². The second kappa shape index (κ2) is 28.1. The third-order valence-electron chi connectivity index (χ3n) is 12.1. The summed E-state index contributed by atoms with van der Waals surface area (Å²) in [6.45, 7) is 6.76. The molecule has 8 rings (SSSR count). The number of esters is 1. The molecule has 13 N–H and O–H groups in total. The summed E-state index contributed by atoms with van der Waals surface area (Å²) in [5.74, 6) is 13.1. The van der Waals surface area contributed by atoms with E-state index in [2.05, 4.69) is 31.3 Å². The average molecular weight is 1090 g/mol. The lowest BCUT2D eigenvalue weighted by atomic mass is 9.99. The first-order chi connectivity index (χ1) is 38.4. The van der Waals surface area contributed by atoms with Crippen LogP contribution in [-0.2, 0) is 28.5 Å². The van der Waals surface area contributed by atoms with Gasteiger partial charge < -0.3 is 61.5 Å². The van der Waals surface area contributed by atoms with Gasteiger partial charge in [0.1, 0.15) is 23.9 Å². The molecule has 3 aliphatic rings. The minimum Gasteiger partial charge on any atom is -0.504 e. The van der Waals surface area contributed by atoms with Crippen molar-refractivity contribution in [2.75, 3.05) is 101 Å². The van der Waals surface area contributed by atoms with Crippen LogP contribution < -0.4 is 59.2 Å². The first kappa shape index (κ1) is 56.6. The standard InChI is InChI=1S/C57H64N12O9S/c1-2-77-57(73)51-52(71)50(79-56(51)67-41-6-4-3-5-7-41)33-37-8-19-49(48(70)32-37)78-31-30-76-29-28-75-27-26-74-25-24-66-55(72)45-34-40(46(58)35-68(60)42-14-9-38(10-15-42)53-62-20-21-63-53)13-18-44(45)47(59)36-69(61)43-16-11-39(12-17-43)54-64-22-23-65-54/h3-19,32-36,67,70H,2,20-31,58-61H2,1H3,(H,62,63)(H,64,65)(H,66,72)/b46-35-,47-36-,50-33-. The van der Waals surface area contributed by atoms with Crippen molar-refractivity contribution >= 4 is 75.6 Å². The van der Waals surface area contributed by atoms with Crippen molar-refractivity contribution < 1.29 is 43.2 Å². The number of rotatable bonds is 27. The largest absolute Gasteiger partial charge is 0.504 e. The van der Waals surface area contributed by atoms with Gasteiger partial charge in [0, 0.05) is 60.0 Å². The predicted molar refractivity (Wildman–Crippen MR) is 308 cm³/mol. The predicted octanol–water partition coefficient (Wildman–Crippen LogP) is 4.77. The molecule has 5 aromatic carbocycles. The number of Topliss-reactive ketones (excluding diaryl/α,β-unsaturated/α-hetero) is 1. The Hall–Kier alpha value is -8.64. The number of nitrogens with one attached hydrogen (secondary N) is 4. The molecule has 5 aromatic rings. The summed E-state index contributed by atoms with van der Waals surface area (Å²) in [7, 11) is 0. The maximum Gasteiger partial charge on any atom is 0.344 e. The normalized spacial score (nSPS) is 14.9. The van der Waals surface area contributed by atoms with Crippen LogP contribution >= 0.6 is 11.8 Å². The zero-order valence-corrected chi connectivity index (χ0v) is 44.4. The number of allylic oxidation sites excluding steroid dienone is 1. The second-order valence-electron chi connectivity index (χ2n) is 17.7. The molecule has 0 fully saturated rings. The summed E-state index contributed by atoms with van der Waals surface area (Å²) >= 11 is 1.12.